The third-order valence-electron chi connectivity index (χ3n) is 3.85. The lowest BCUT2D eigenvalue weighted by atomic mass is 10.3. The summed E-state index contributed by atoms with van der Waals surface area (Å²) in [6.07, 6.45) is 8.42. The molecule has 0 radical (unpaired) electrons. The van der Waals surface area contributed by atoms with Gasteiger partial charge in [-0.25, -0.2) is 0 Å². The number of hydrogen-bond acceptors (Lipinski definition) is 6. The van der Waals surface area contributed by atoms with Crippen molar-refractivity contribution in [2.45, 2.75) is 38.5 Å². The van der Waals surface area contributed by atoms with Gasteiger partial charge in [0.1, 0.15) is 0 Å². The maximum absolute atomic E-state index is 3.58. The fourth-order valence-electron chi connectivity index (χ4n) is 2.41. The number of hydrogen-bond donors (Lipinski definition) is 2. The quantitative estimate of drug-likeness (QED) is 0.612. The van der Waals surface area contributed by atoms with Gasteiger partial charge < -0.3 is 10.6 Å². The Morgan fingerprint density at radius 3 is 0.917 bits per heavy atom. The molecular weight excluding hydrogens is 372 g/mol. The Bertz CT molecular complexity index is 135. The van der Waals surface area contributed by atoms with E-state index in [1.54, 1.807) is 0 Å². The standard InChI is InChI=1S/C18H38N2S4/c1-3-11-21-15-7-19-9-17-23-13-5-2-6-14-24-18-10-20-8-16-22-12-4-1/h19-20H,1-18H2. The van der Waals surface area contributed by atoms with Crippen LogP contribution in [-0.4, -0.2) is 72.2 Å². The second-order valence-corrected chi connectivity index (χ2v) is 11.0. The van der Waals surface area contributed by atoms with Crippen molar-refractivity contribution in [2.75, 3.05) is 72.2 Å². The van der Waals surface area contributed by atoms with Gasteiger partial charge in [0.15, 0.2) is 0 Å². The molecule has 0 amide bonds. The summed E-state index contributed by atoms with van der Waals surface area (Å²) in [7, 11) is 0. The van der Waals surface area contributed by atoms with Crippen molar-refractivity contribution in [2.24, 2.45) is 0 Å². The van der Waals surface area contributed by atoms with E-state index in [0.717, 1.165) is 0 Å². The van der Waals surface area contributed by atoms with Gasteiger partial charge >= 0.3 is 0 Å². The molecule has 24 heavy (non-hydrogen) atoms. The third kappa shape index (κ3) is 18.1. The third-order valence-corrected chi connectivity index (χ3v) is 8.13. The second-order valence-electron chi connectivity index (χ2n) is 6.07. The molecule has 1 heterocycles. The largest absolute Gasteiger partial charge is 0.315 e. The molecule has 0 bridgehead atoms. The number of rotatable bonds is 0. The van der Waals surface area contributed by atoms with Crippen LogP contribution in [0.15, 0.2) is 0 Å². The SMILES string of the molecule is C1CCSCCNCCSCCCCCSCCNCCSCC1. The molecule has 2 N–H and O–H groups in total. The van der Waals surface area contributed by atoms with Crippen LogP contribution in [0.2, 0.25) is 0 Å². The molecule has 144 valence electrons. The lowest BCUT2D eigenvalue weighted by Crippen LogP contribution is -2.20. The first-order valence-corrected chi connectivity index (χ1v) is 14.3. The summed E-state index contributed by atoms with van der Waals surface area (Å²) in [6, 6.07) is 0. The summed E-state index contributed by atoms with van der Waals surface area (Å²) in [4.78, 5) is 0. The predicted molar refractivity (Wildman–Crippen MR) is 123 cm³/mol. The molecule has 0 aromatic rings. The maximum atomic E-state index is 3.58. The molecule has 1 aliphatic rings. The Morgan fingerprint density at radius 1 is 0.333 bits per heavy atom. The lowest BCUT2D eigenvalue weighted by Gasteiger charge is -2.07. The van der Waals surface area contributed by atoms with Gasteiger partial charge in [-0.3, -0.25) is 0 Å². The van der Waals surface area contributed by atoms with Gasteiger partial charge in [-0.15, -0.1) is 0 Å². The van der Waals surface area contributed by atoms with Gasteiger partial charge in [0.05, 0.1) is 0 Å². The van der Waals surface area contributed by atoms with Crippen molar-refractivity contribution >= 4 is 47.0 Å². The van der Waals surface area contributed by atoms with Crippen molar-refractivity contribution < 1.29 is 0 Å². The molecule has 0 atom stereocenters. The highest BCUT2D eigenvalue weighted by Crippen LogP contribution is 2.11. The predicted octanol–water partition coefficient (Wildman–Crippen LogP) is 4.45. The number of thioether (sulfide) groups is 4. The van der Waals surface area contributed by atoms with Crippen molar-refractivity contribution in [3.8, 4) is 0 Å². The van der Waals surface area contributed by atoms with Crippen LogP contribution in [0.25, 0.3) is 0 Å². The van der Waals surface area contributed by atoms with E-state index in [0.29, 0.717) is 0 Å². The first-order chi connectivity index (χ1) is 12.0. The molecule has 1 fully saturated rings. The van der Waals surface area contributed by atoms with Gasteiger partial charge in [-0.1, -0.05) is 12.8 Å². The molecule has 0 unspecified atom stereocenters. The Balaban J connectivity index is 2.00. The molecule has 0 spiro atoms. The van der Waals surface area contributed by atoms with Gasteiger partial charge in [-0.05, 0) is 48.7 Å². The minimum atomic E-state index is 1.19. The van der Waals surface area contributed by atoms with Gasteiger partial charge in [0.25, 0.3) is 0 Å². The van der Waals surface area contributed by atoms with E-state index in [-0.39, 0.29) is 0 Å². The van der Waals surface area contributed by atoms with Gasteiger partial charge in [-0.2, -0.15) is 47.0 Å². The Morgan fingerprint density at radius 2 is 0.625 bits per heavy atom. The monoisotopic (exact) mass is 410 g/mol. The second kappa shape index (κ2) is 20.6. The van der Waals surface area contributed by atoms with Crippen molar-refractivity contribution in [1.82, 2.24) is 10.6 Å². The van der Waals surface area contributed by atoms with Crippen molar-refractivity contribution in [3.63, 3.8) is 0 Å². The van der Waals surface area contributed by atoms with Crippen LogP contribution in [0, 0.1) is 0 Å². The summed E-state index contributed by atoms with van der Waals surface area (Å²) in [5.74, 6) is 10.5. The van der Waals surface area contributed by atoms with E-state index >= 15 is 0 Å². The highest BCUT2D eigenvalue weighted by atomic mass is 32.2. The molecule has 0 aromatic carbocycles. The average molecular weight is 411 g/mol. The molecule has 1 rings (SSSR count). The normalized spacial score (nSPS) is 24.0. The number of nitrogens with one attached hydrogen (secondary N) is 2. The average Bonchev–Trinajstić information content (AvgIpc) is 2.59. The zero-order valence-electron chi connectivity index (χ0n) is 15.4. The van der Waals surface area contributed by atoms with E-state index in [1.807, 2.05) is 0 Å². The smallest absolute Gasteiger partial charge is 0.00581 e. The van der Waals surface area contributed by atoms with Crippen LogP contribution >= 0.6 is 47.0 Å². The van der Waals surface area contributed by atoms with Gasteiger partial charge in [0.2, 0.25) is 0 Å². The van der Waals surface area contributed by atoms with Crippen LogP contribution in [0.1, 0.15) is 38.5 Å². The van der Waals surface area contributed by atoms with E-state index in [9.17, 15) is 0 Å². The summed E-state index contributed by atoms with van der Waals surface area (Å²) in [5, 5.41) is 7.16. The van der Waals surface area contributed by atoms with Gasteiger partial charge in [0, 0.05) is 49.2 Å². The first kappa shape index (κ1) is 23.4. The van der Waals surface area contributed by atoms with Crippen molar-refractivity contribution in [3.05, 3.63) is 0 Å². The lowest BCUT2D eigenvalue weighted by molar-refractivity contribution is 0.760. The fraction of sp³-hybridized carbons (Fsp3) is 1.00. The molecule has 6 heteroatoms. The molecule has 0 saturated carbocycles. The summed E-state index contributed by atoms with van der Waals surface area (Å²) in [5.41, 5.74) is 0. The molecule has 1 saturated heterocycles. The zero-order chi connectivity index (χ0) is 17.0. The van der Waals surface area contributed by atoms with Crippen LogP contribution in [0.3, 0.4) is 0 Å². The molecular formula is C18H38N2S4. The Labute approximate surface area is 168 Å². The molecule has 0 aliphatic carbocycles. The summed E-state index contributed by atoms with van der Waals surface area (Å²) >= 11 is 8.50. The van der Waals surface area contributed by atoms with E-state index in [4.69, 9.17) is 0 Å². The molecule has 0 aromatic heterocycles. The maximum Gasteiger partial charge on any atom is 0.00581 e. The van der Waals surface area contributed by atoms with Crippen LogP contribution in [-0.2, 0) is 0 Å². The van der Waals surface area contributed by atoms with E-state index in [1.165, 1.54) is 111 Å². The Kier molecular flexibility index (Phi) is 20.1. The highest BCUT2D eigenvalue weighted by Gasteiger charge is 1.96. The first-order valence-electron chi connectivity index (χ1n) is 9.72. The fourth-order valence-corrected chi connectivity index (χ4v) is 6.01. The minimum Gasteiger partial charge on any atom is -0.315 e. The van der Waals surface area contributed by atoms with Crippen LogP contribution in [0.4, 0.5) is 0 Å². The van der Waals surface area contributed by atoms with E-state index < -0.39 is 0 Å². The highest BCUT2D eigenvalue weighted by molar-refractivity contribution is 7.99. The topological polar surface area (TPSA) is 24.1 Å². The summed E-state index contributed by atoms with van der Waals surface area (Å²) < 4.78 is 0. The van der Waals surface area contributed by atoms with Crippen molar-refractivity contribution in [1.29, 1.82) is 0 Å². The molecule has 2 nitrogen and oxygen atoms in total. The van der Waals surface area contributed by atoms with Crippen LogP contribution < -0.4 is 10.6 Å². The molecule has 1 aliphatic heterocycles. The zero-order valence-corrected chi connectivity index (χ0v) is 18.6. The summed E-state index contributed by atoms with van der Waals surface area (Å²) in [6.45, 7) is 4.74. The Hall–Kier alpha value is 1.32. The van der Waals surface area contributed by atoms with Crippen LogP contribution in [0.5, 0.6) is 0 Å². The minimum absolute atomic E-state index is 1.19. The van der Waals surface area contributed by atoms with E-state index in [2.05, 4.69) is 57.7 Å².